The summed E-state index contributed by atoms with van der Waals surface area (Å²) < 4.78 is 18.8. The molecule has 1 aromatic carbocycles. The highest BCUT2D eigenvalue weighted by Gasteiger charge is 2.31. The molecule has 30 heavy (non-hydrogen) atoms. The minimum absolute atomic E-state index is 0.0267. The summed E-state index contributed by atoms with van der Waals surface area (Å²) in [5, 5.41) is 1.97. The molecule has 5 nitrogen and oxygen atoms in total. The van der Waals surface area contributed by atoms with Crippen LogP contribution in [-0.2, 0) is 0 Å². The van der Waals surface area contributed by atoms with Crippen LogP contribution in [0, 0.1) is 18.7 Å². The Morgan fingerprint density at radius 3 is 2.87 bits per heavy atom. The van der Waals surface area contributed by atoms with Gasteiger partial charge in [-0.25, -0.2) is 14.4 Å². The van der Waals surface area contributed by atoms with Crippen LogP contribution in [0.15, 0.2) is 47.4 Å². The number of aromatic nitrogens is 2. The quantitative estimate of drug-likeness (QED) is 0.579. The molecule has 0 spiro atoms. The fraction of sp³-hybridized carbons (Fsp3) is 0.348. The molecule has 1 aliphatic rings. The van der Waals surface area contributed by atoms with Gasteiger partial charge in [0.2, 0.25) is 5.88 Å². The zero-order valence-electron chi connectivity index (χ0n) is 17.0. The molecule has 0 radical (unpaired) electrons. The fourth-order valence-electron chi connectivity index (χ4n) is 3.81. The van der Waals surface area contributed by atoms with Gasteiger partial charge in [-0.3, -0.25) is 4.79 Å². The Balaban J connectivity index is 1.50. The van der Waals surface area contributed by atoms with Crippen LogP contribution in [0.4, 0.5) is 4.39 Å². The molecule has 7 heteroatoms. The van der Waals surface area contributed by atoms with E-state index in [2.05, 4.69) is 16.9 Å². The van der Waals surface area contributed by atoms with Crippen molar-refractivity contribution < 1.29 is 13.9 Å². The fourth-order valence-corrected chi connectivity index (χ4v) is 4.36. The lowest BCUT2D eigenvalue weighted by atomic mass is 9.92. The maximum atomic E-state index is 13.5. The Morgan fingerprint density at radius 2 is 2.13 bits per heavy atom. The van der Waals surface area contributed by atoms with Gasteiger partial charge in [-0.05, 0) is 38.8 Å². The van der Waals surface area contributed by atoms with Crippen LogP contribution in [0.2, 0.25) is 0 Å². The van der Waals surface area contributed by atoms with Crippen LogP contribution < -0.4 is 4.74 Å². The van der Waals surface area contributed by atoms with Gasteiger partial charge in [-0.1, -0.05) is 17.7 Å². The molecule has 1 saturated heterocycles. The summed E-state index contributed by atoms with van der Waals surface area (Å²) in [4.78, 5) is 23.8. The van der Waals surface area contributed by atoms with Gasteiger partial charge < -0.3 is 9.64 Å². The molecule has 3 aromatic rings. The number of pyridine rings is 1. The lowest BCUT2D eigenvalue weighted by Crippen LogP contribution is -2.47. The van der Waals surface area contributed by atoms with E-state index in [4.69, 9.17) is 4.74 Å². The summed E-state index contributed by atoms with van der Waals surface area (Å²) in [5.41, 5.74) is 5.21. The second-order valence-electron chi connectivity index (χ2n) is 7.80. The standard InChI is InChI=1S/C23H24FN3O2S/c1-15-3-7-19(21-13-30-14-26-21)20(9-15)23(28)27-11-17(5-4-16(27)2)12-29-22-8-6-18(24)10-25-22/h3,6-10,13-14,16-17H,4-5,11-12H2,1-2H3. The number of nitrogens with zero attached hydrogens (tertiary/aromatic N) is 3. The molecule has 0 aliphatic carbocycles. The number of hydrogen-bond donors (Lipinski definition) is 0. The average Bonchev–Trinajstić information content (AvgIpc) is 3.28. The van der Waals surface area contributed by atoms with E-state index >= 15 is 0 Å². The van der Waals surface area contributed by atoms with E-state index in [1.165, 1.54) is 23.5 Å². The zero-order chi connectivity index (χ0) is 21.1. The number of aryl methyl sites for hydroxylation is 1. The summed E-state index contributed by atoms with van der Waals surface area (Å²) in [6.45, 7) is 5.15. The number of carbonyl (C=O) groups excluding carboxylic acids is 1. The van der Waals surface area contributed by atoms with Gasteiger partial charge >= 0.3 is 0 Å². The summed E-state index contributed by atoms with van der Waals surface area (Å²) >= 11 is 1.52. The Kier molecular flexibility index (Phi) is 6.08. The number of benzene rings is 1. The van der Waals surface area contributed by atoms with Crippen molar-refractivity contribution in [2.45, 2.75) is 32.7 Å². The van der Waals surface area contributed by atoms with Gasteiger partial charge in [0.05, 0.1) is 24.0 Å². The zero-order valence-corrected chi connectivity index (χ0v) is 17.9. The van der Waals surface area contributed by atoms with Crippen molar-refractivity contribution in [3.63, 3.8) is 0 Å². The molecule has 2 atom stereocenters. The summed E-state index contributed by atoms with van der Waals surface area (Å²) in [6, 6.07) is 8.95. The minimum Gasteiger partial charge on any atom is -0.477 e. The number of amides is 1. The molecule has 1 amide bonds. The highest BCUT2D eigenvalue weighted by molar-refractivity contribution is 7.07. The van der Waals surface area contributed by atoms with E-state index in [0.29, 0.717) is 24.6 Å². The van der Waals surface area contributed by atoms with Crippen LogP contribution in [0.1, 0.15) is 35.7 Å². The van der Waals surface area contributed by atoms with Gasteiger partial charge in [0, 0.05) is 41.1 Å². The number of hydrogen-bond acceptors (Lipinski definition) is 5. The van der Waals surface area contributed by atoms with Crippen molar-refractivity contribution in [3.05, 3.63) is 64.4 Å². The van der Waals surface area contributed by atoms with Crippen LogP contribution in [0.3, 0.4) is 0 Å². The average molecular weight is 426 g/mol. The second kappa shape index (κ2) is 8.92. The number of ether oxygens (including phenoxy) is 1. The van der Waals surface area contributed by atoms with Crippen LogP contribution >= 0.6 is 11.3 Å². The maximum absolute atomic E-state index is 13.5. The summed E-state index contributed by atoms with van der Waals surface area (Å²) in [5.74, 6) is 0.237. The number of likely N-dealkylation sites (tertiary alicyclic amines) is 1. The Morgan fingerprint density at radius 1 is 1.27 bits per heavy atom. The molecule has 3 heterocycles. The first kappa shape index (κ1) is 20.5. The Labute approximate surface area is 179 Å². The molecule has 2 aromatic heterocycles. The number of rotatable bonds is 5. The minimum atomic E-state index is -0.389. The van der Waals surface area contributed by atoms with E-state index in [1.54, 1.807) is 5.51 Å². The van der Waals surface area contributed by atoms with E-state index in [1.807, 2.05) is 35.4 Å². The third-order valence-electron chi connectivity index (χ3n) is 5.52. The number of thiazole rings is 1. The lowest BCUT2D eigenvalue weighted by Gasteiger charge is -2.38. The molecule has 2 unspecified atom stereocenters. The molecule has 156 valence electrons. The predicted molar refractivity (Wildman–Crippen MR) is 115 cm³/mol. The Bertz CT molecular complexity index is 1010. The lowest BCUT2D eigenvalue weighted by molar-refractivity contribution is 0.0503. The van der Waals surface area contributed by atoms with Crippen molar-refractivity contribution in [3.8, 4) is 17.1 Å². The normalized spacial score (nSPS) is 19.0. The molecule has 0 saturated carbocycles. The number of halogens is 1. The molecule has 0 N–H and O–H groups in total. The highest BCUT2D eigenvalue weighted by atomic mass is 32.1. The van der Waals surface area contributed by atoms with E-state index in [-0.39, 0.29) is 23.7 Å². The van der Waals surface area contributed by atoms with E-state index in [9.17, 15) is 9.18 Å². The van der Waals surface area contributed by atoms with Crippen molar-refractivity contribution in [1.82, 2.24) is 14.9 Å². The van der Waals surface area contributed by atoms with Gasteiger partial charge in [0.15, 0.2) is 0 Å². The molecular weight excluding hydrogens is 401 g/mol. The van der Waals surface area contributed by atoms with Gasteiger partial charge in [0.25, 0.3) is 5.91 Å². The molecule has 4 rings (SSSR count). The third-order valence-corrected chi connectivity index (χ3v) is 6.11. The maximum Gasteiger partial charge on any atom is 0.254 e. The van der Waals surface area contributed by atoms with Crippen molar-refractivity contribution in [2.75, 3.05) is 13.2 Å². The van der Waals surface area contributed by atoms with Crippen molar-refractivity contribution >= 4 is 17.2 Å². The number of carbonyl (C=O) groups is 1. The van der Waals surface area contributed by atoms with Crippen LogP contribution in [0.5, 0.6) is 5.88 Å². The largest absolute Gasteiger partial charge is 0.477 e. The highest BCUT2D eigenvalue weighted by Crippen LogP contribution is 2.29. The van der Waals surface area contributed by atoms with E-state index in [0.717, 1.165) is 35.9 Å². The first-order chi connectivity index (χ1) is 14.5. The predicted octanol–water partition coefficient (Wildman–Crippen LogP) is 4.97. The smallest absolute Gasteiger partial charge is 0.254 e. The van der Waals surface area contributed by atoms with Gasteiger partial charge in [-0.2, -0.15) is 0 Å². The SMILES string of the molecule is Cc1ccc(-c2cscn2)c(C(=O)N2CC(COc3ccc(F)cn3)CCC2C)c1. The van der Waals surface area contributed by atoms with Gasteiger partial charge in [0.1, 0.15) is 5.82 Å². The van der Waals surface area contributed by atoms with Crippen LogP contribution in [0.25, 0.3) is 11.3 Å². The second-order valence-corrected chi connectivity index (χ2v) is 8.52. The van der Waals surface area contributed by atoms with Crippen LogP contribution in [-0.4, -0.2) is 40.0 Å². The number of piperidine rings is 1. The topological polar surface area (TPSA) is 55.3 Å². The van der Waals surface area contributed by atoms with Crippen molar-refractivity contribution in [2.24, 2.45) is 5.92 Å². The monoisotopic (exact) mass is 425 g/mol. The van der Waals surface area contributed by atoms with Gasteiger partial charge in [-0.15, -0.1) is 11.3 Å². The van der Waals surface area contributed by atoms with Crippen molar-refractivity contribution in [1.29, 1.82) is 0 Å². The first-order valence-corrected chi connectivity index (χ1v) is 11.0. The van der Waals surface area contributed by atoms with E-state index < -0.39 is 0 Å². The summed E-state index contributed by atoms with van der Waals surface area (Å²) in [7, 11) is 0. The molecule has 1 fully saturated rings. The third kappa shape index (κ3) is 4.51. The molecular formula is C23H24FN3O2S. The first-order valence-electron chi connectivity index (χ1n) is 10.1. The molecule has 0 bridgehead atoms. The summed E-state index contributed by atoms with van der Waals surface area (Å²) in [6.07, 6.45) is 3.03. The molecule has 1 aliphatic heterocycles. The Hall–Kier alpha value is -2.80.